The number of thiocarbonyl (C=S) groups is 1. The van der Waals surface area contributed by atoms with Crippen molar-refractivity contribution in [3.05, 3.63) is 35.4 Å². The lowest BCUT2D eigenvalue weighted by molar-refractivity contribution is 0.0786. The number of aliphatic hydroxyl groups is 1. The Kier molecular flexibility index (Phi) is 4.23. The molecular weight excluding hydrogens is 222 g/mol. The van der Waals surface area contributed by atoms with E-state index in [4.69, 9.17) is 18.1 Å². The van der Waals surface area contributed by atoms with Gasteiger partial charge in [-0.3, -0.25) is 0 Å². The molecule has 0 saturated heterocycles. The zero-order valence-electron chi connectivity index (χ0n) is 9.45. The Bertz CT molecular complexity index is 356. The fraction of sp³-hybridized carbons (Fsp3) is 0.364. The van der Waals surface area contributed by atoms with E-state index in [1.807, 2.05) is 24.3 Å². The van der Waals surface area contributed by atoms with Gasteiger partial charge in [0.05, 0.1) is 5.60 Å². The maximum absolute atomic E-state index is 9.77. The highest BCUT2D eigenvalue weighted by Gasteiger charge is 2.14. The van der Waals surface area contributed by atoms with Gasteiger partial charge >= 0.3 is 0 Å². The Morgan fingerprint density at radius 2 is 1.94 bits per heavy atom. The molecule has 0 aliphatic heterocycles. The van der Waals surface area contributed by atoms with Gasteiger partial charge in [0.15, 0.2) is 5.11 Å². The topological polar surface area (TPSA) is 70.3 Å². The number of rotatable bonds is 3. The van der Waals surface area contributed by atoms with E-state index in [1.165, 1.54) is 0 Å². The van der Waals surface area contributed by atoms with Crippen molar-refractivity contribution in [2.45, 2.75) is 26.0 Å². The zero-order chi connectivity index (χ0) is 12.2. The summed E-state index contributed by atoms with van der Waals surface area (Å²) in [6.07, 6.45) is 0. The quantitative estimate of drug-likeness (QED) is 0.356. The van der Waals surface area contributed by atoms with Crippen molar-refractivity contribution < 1.29 is 5.11 Å². The van der Waals surface area contributed by atoms with Crippen molar-refractivity contribution in [1.82, 2.24) is 10.7 Å². The molecular formula is C11H17N3OS. The van der Waals surface area contributed by atoms with Crippen LogP contribution in [-0.2, 0) is 12.1 Å². The fourth-order valence-corrected chi connectivity index (χ4v) is 1.34. The molecule has 0 amide bonds. The average molecular weight is 239 g/mol. The van der Waals surface area contributed by atoms with Gasteiger partial charge in [-0.05, 0) is 37.2 Å². The van der Waals surface area contributed by atoms with E-state index in [1.54, 1.807) is 13.8 Å². The third-order valence-electron chi connectivity index (χ3n) is 2.24. The highest BCUT2D eigenvalue weighted by molar-refractivity contribution is 7.80. The predicted molar refractivity (Wildman–Crippen MR) is 68.4 cm³/mol. The molecule has 0 saturated carbocycles. The molecule has 1 aromatic rings. The monoisotopic (exact) mass is 239 g/mol. The minimum atomic E-state index is -0.805. The molecule has 4 nitrogen and oxygen atoms in total. The molecule has 5 N–H and O–H groups in total. The lowest BCUT2D eigenvalue weighted by Gasteiger charge is -2.18. The standard InChI is InChI=1S/C11H17N3OS/c1-11(2,15)9-5-3-8(4-6-9)7-13-10(16)14-12/h3-6,15H,7,12H2,1-2H3,(H2,13,14,16). The van der Waals surface area contributed by atoms with Gasteiger partial charge < -0.3 is 15.8 Å². The summed E-state index contributed by atoms with van der Waals surface area (Å²) in [4.78, 5) is 0. The molecule has 1 rings (SSSR count). The van der Waals surface area contributed by atoms with Crippen molar-refractivity contribution in [1.29, 1.82) is 0 Å². The molecule has 0 bridgehead atoms. The summed E-state index contributed by atoms with van der Waals surface area (Å²) >= 11 is 4.85. The molecule has 88 valence electrons. The van der Waals surface area contributed by atoms with Gasteiger partial charge in [0.1, 0.15) is 0 Å². The van der Waals surface area contributed by atoms with E-state index in [-0.39, 0.29) is 0 Å². The summed E-state index contributed by atoms with van der Waals surface area (Å²) in [6, 6.07) is 7.69. The van der Waals surface area contributed by atoms with Crippen LogP contribution in [0.2, 0.25) is 0 Å². The van der Waals surface area contributed by atoms with Crippen molar-refractivity contribution in [2.24, 2.45) is 5.84 Å². The van der Waals surface area contributed by atoms with Crippen molar-refractivity contribution in [3.8, 4) is 0 Å². The van der Waals surface area contributed by atoms with Crippen LogP contribution in [0.1, 0.15) is 25.0 Å². The first kappa shape index (κ1) is 12.9. The molecule has 0 radical (unpaired) electrons. The van der Waals surface area contributed by atoms with E-state index >= 15 is 0 Å². The van der Waals surface area contributed by atoms with E-state index in [2.05, 4.69) is 10.7 Å². The zero-order valence-corrected chi connectivity index (χ0v) is 10.3. The van der Waals surface area contributed by atoms with Gasteiger partial charge in [-0.2, -0.15) is 0 Å². The molecule has 0 aliphatic rings. The molecule has 0 aromatic heterocycles. The van der Waals surface area contributed by atoms with E-state index < -0.39 is 5.60 Å². The third-order valence-corrected chi connectivity index (χ3v) is 2.51. The molecule has 0 atom stereocenters. The van der Waals surface area contributed by atoms with Crippen LogP contribution in [0.15, 0.2) is 24.3 Å². The van der Waals surface area contributed by atoms with Gasteiger partial charge in [0, 0.05) is 6.54 Å². The van der Waals surface area contributed by atoms with E-state index in [0.717, 1.165) is 11.1 Å². The largest absolute Gasteiger partial charge is 0.386 e. The Hall–Kier alpha value is -1.17. The van der Waals surface area contributed by atoms with Gasteiger partial charge in [-0.15, -0.1) is 0 Å². The second-order valence-corrected chi connectivity index (χ2v) is 4.49. The highest BCUT2D eigenvalue weighted by atomic mass is 32.1. The summed E-state index contributed by atoms with van der Waals surface area (Å²) in [7, 11) is 0. The number of nitrogens with two attached hydrogens (primary N) is 1. The lowest BCUT2D eigenvalue weighted by atomic mass is 9.97. The van der Waals surface area contributed by atoms with Crippen molar-refractivity contribution in [3.63, 3.8) is 0 Å². The summed E-state index contributed by atoms with van der Waals surface area (Å²) in [5.41, 5.74) is 3.51. The Labute approximate surface area is 101 Å². The Balaban J connectivity index is 2.62. The summed E-state index contributed by atoms with van der Waals surface area (Å²) in [5.74, 6) is 5.13. The highest BCUT2D eigenvalue weighted by Crippen LogP contribution is 2.19. The fourth-order valence-electron chi connectivity index (χ4n) is 1.26. The first-order valence-electron chi connectivity index (χ1n) is 4.99. The van der Waals surface area contributed by atoms with Crippen LogP contribution in [-0.4, -0.2) is 10.2 Å². The maximum atomic E-state index is 9.77. The smallest absolute Gasteiger partial charge is 0.180 e. The normalized spacial score (nSPS) is 11.0. The maximum Gasteiger partial charge on any atom is 0.180 e. The van der Waals surface area contributed by atoms with Crippen LogP contribution in [0.3, 0.4) is 0 Å². The SMILES string of the molecule is CC(C)(O)c1ccc(CNC(=S)NN)cc1. The third kappa shape index (κ3) is 3.77. The molecule has 0 heterocycles. The number of benzene rings is 1. The molecule has 16 heavy (non-hydrogen) atoms. The van der Waals surface area contributed by atoms with E-state index in [0.29, 0.717) is 11.7 Å². The Morgan fingerprint density at radius 3 is 2.38 bits per heavy atom. The number of hydrogen-bond donors (Lipinski definition) is 4. The van der Waals surface area contributed by atoms with Crippen LogP contribution < -0.4 is 16.6 Å². The van der Waals surface area contributed by atoms with Crippen LogP contribution in [0, 0.1) is 0 Å². The van der Waals surface area contributed by atoms with Gasteiger partial charge in [0.2, 0.25) is 0 Å². The van der Waals surface area contributed by atoms with Gasteiger partial charge in [-0.1, -0.05) is 24.3 Å². The number of hydrazine groups is 1. The minimum absolute atomic E-state index is 0.409. The Morgan fingerprint density at radius 1 is 1.38 bits per heavy atom. The number of hydrogen-bond acceptors (Lipinski definition) is 3. The molecule has 1 aromatic carbocycles. The predicted octanol–water partition coefficient (Wildman–Crippen LogP) is 0.752. The summed E-state index contributed by atoms with van der Waals surface area (Å²) in [6.45, 7) is 4.12. The van der Waals surface area contributed by atoms with Gasteiger partial charge in [0.25, 0.3) is 0 Å². The van der Waals surface area contributed by atoms with Crippen LogP contribution >= 0.6 is 12.2 Å². The minimum Gasteiger partial charge on any atom is -0.386 e. The van der Waals surface area contributed by atoms with Crippen molar-refractivity contribution in [2.75, 3.05) is 0 Å². The first-order valence-corrected chi connectivity index (χ1v) is 5.40. The number of nitrogens with one attached hydrogen (secondary N) is 2. The van der Waals surface area contributed by atoms with Crippen LogP contribution in [0.25, 0.3) is 0 Å². The summed E-state index contributed by atoms with van der Waals surface area (Å²) < 4.78 is 0. The molecule has 0 aliphatic carbocycles. The van der Waals surface area contributed by atoms with E-state index in [9.17, 15) is 5.11 Å². The average Bonchev–Trinajstić information content (AvgIpc) is 2.25. The molecule has 0 spiro atoms. The van der Waals surface area contributed by atoms with Gasteiger partial charge in [-0.25, -0.2) is 5.84 Å². The lowest BCUT2D eigenvalue weighted by Crippen LogP contribution is -2.39. The first-order chi connectivity index (χ1) is 7.43. The molecule has 5 heteroatoms. The van der Waals surface area contributed by atoms with Crippen LogP contribution in [0.5, 0.6) is 0 Å². The molecule has 0 unspecified atom stereocenters. The second-order valence-electron chi connectivity index (χ2n) is 4.08. The van der Waals surface area contributed by atoms with Crippen molar-refractivity contribution >= 4 is 17.3 Å². The molecule has 0 fully saturated rings. The summed E-state index contributed by atoms with van der Waals surface area (Å²) in [5, 5.41) is 13.1. The second kappa shape index (κ2) is 5.25. The van der Waals surface area contributed by atoms with Crippen LogP contribution in [0.4, 0.5) is 0 Å².